The quantitative estimate of drug-likeness (QED) is 0.793. The minimum atomic E-state index is -0.309. The number of piperazine rings is 1. The molecule has 4 nitrogen and oxygen atoms in total. The van der Waals surface area contributed by atoms with Gasteiger partial charge in [0, 0.05) is 42.8 Å². The number of halogens is 1. The zero-order valence-corrected chi connectivity index (χ0v) is 12.4. The second-order valence-electron chi connectivity index (χ2n) is 5.86. The van der Waals surface area contributed by atoms with Crippen molar-refractivity contribution in [1.29, 1.82) is 0 Å². The highest BCUT2D eigenvalue weighted by atomic mass is 35.5. The molecule has 0 spiro atoms. The fourth-order valence-electron chi connectivity index (χ4n) is 2.18. The fourth-order valence-corrected chi connectivity index (χ4v) is 2.33. The summed E-state index contributed by atoms with van der Waals surface area (Å²) in [7, 11) is 0. The molecule has 2 heterocycles. The van der Waals surface area contributed by atoms with E-state index < -0.39 is 0 Å². The monoisotopic (exact) mass is 281 g/mol. The van der Waals surface area contributed by atoms with E-state index >= 15 is 0 Å². The van der Waals surface area contributed by atoms with E-state index in [0.717, 1.165) is 32.0 Å². The molecule has 19 heavy (non-hydrogen) atoms. The summed E-state index contributed by atoms with van der Waals surface area (Å²) in [5.74, 6) is 1.10. The van der Waals surface area contributed by atoms with Crippen LogP contribution in [0.4, 0.5) is 5.82 Å². The molecule has 1 aliphatic heterocycles. The third-order valence-electron chi connectivity index (χ3n) is 3.24. The number of aromatic nitrogens is 1. The first kappa shape index (κ1) is 14.1. The Morgan fingerprint density at radius 2 is 1.89 bits per heavy atom. The van der Waals surface area contributed by atoms with E-state index in [-0.39, 0.29) is 11.3 Å². The summed E-state index contributed by atoms with van der Waals surface area (Å²) < 4.78 is 0. The normalized spacial score (nSPS) is 16.6. The van der Waals surface area contributed by atoms with Gasteiger partial charge in [-0.15, -0.1) is 0 Å². The van der Waals surface area contributed by atoms with Crippen LogP contribution in [0, 0.1) is 5.41 Å². The van der Waals surface area contributed by atoms with Crippen molar-refractivity contribution < 1.29 is 4.79 Å². The molecule has 0 unspecified atom stereocenters. The third-order valence-corrected chi connectivity index (χ3v) is 3.48. The molecule has 1 amide bonds. The lowest BCUT2D eigenvalue weighted by molar-refractivity contribution is -0.139. The van der Waals surface area contributed by atoms with E-state index in [2.05, 4.69) is 9.88 Å². The van der Waals surface area contributed by atoms with Gasteiger partial charge in [0.2, 0.25) is 5.91 Å². The lowest BCUT2D eigenvalue weighted by atomic mass is 9.94. The van der Waals surface area contributed by atoms with Gasteiger partial charge in [-0.2, -0.15) is 0 Å². The Balaban J connectivity index is 1.98. The minimum absolute atomic E-state index is 0.214. The zero-order chi connectivity index (χ0) is 14.0. The average molecular weight is 282 g/mol. The maximum absolute atomic E-state index is 12.2. The Kier molecular flexibility index (Phi) is 3.99. The van der Waals surface area contributed by atoms with Gasteiger partial charge in [-0.3, -0.25) is 4.79 Å². The highest BCUT2D eigenvalue weighted by Gasteiger charge is 2.29. The predicted molar refractivity (Wildman–Crippen MR) is 77.5 cm³/mol. The SMILES string of the molecule is CC(C)(C)C(=O)N1CCN(c2cc(Cl)ccn2)CC1. The summed E-state index contributed by atoms with van der Waals surface area (Å²) in [6.07, 6.45) is 1.71. The van der Waals surface area contributed by atoms with Crippen molar-refractivity contribution in [2.75, 3.05) is 31.1 Å². The molecule has 0 atom stereocenters. The van der Waals surface area contributed by atoms with Crippen molar-refractivity contribution in [1.82, 2.24) is 9.88 Å². The number of pyridine rings is 1. The molecule has 0 saturated carbocycles. The van der Waals surface area contributed by atoms with Crippen LogP contribution in [0.25, 0.3) is 0 Å². The molecular formula is C14H20ClN3O. The second kappa shape index (κ2) is 5.37. The van der Waals surface area contributed by atoms with E-state index in [1.165, 1.54) is 0 Å². The van der Waals surface area contributed by atoms with Gasteiger partial charge in [0.1, 0.15) is 5.82 Å². The average Bonchev–Trinajstić information content (AvgIpc) is 2.37. The van der Waals surface area contributed by atoms with E-state index in [1.54, 1.807) is 12.3 Å². The van der Waals surface area contributed by atoms with Gasteiger partial charge in [0.25, 0.3) is 0 Å². The van der Waals surface area contributed by atoms with Crippen LogP contribution in [0.5, 0.6) is 0 Å². The van der Waals surface area contributed by atoms with Crippen molar-refractivity contribution in [3.63, 3.8) is 0 Å². The Bertz CT molecular complexity index is 462. The molecule has 0 N–H and O–H groups in total. The Hall–Kier alpha value is -1.29. The molecule has 0 aromatic carbocycles. The molecule has 1 aromatic heterocycles. The first-order valence-electron chi connectivity index (χ1n) is 6.54. The first-order valence-corrected chi connectivity index (χ1v) is 6.91. The lowest BCUT2D eigenvalue weighted by Gasteiger charge is -2.38. The van der Waals surface area contributed by atoms with Crippen molar-refractivity contribution in [3.05, 3.63) is 23.4 Å². The Labute approximate surface area is 119 Å². The van der Waals surface area contributed by atoms with E-state index in [0.29, 0.717) is 5.02 Å². The molecule has 1 aliphatic rings. The predicted octanol–water partition coefficient (Wildman–Crippen LogP) is 2.43. The number of hydrogen-bond donors (Lipinski definition) is 0. The van der Waals surface area contributed by atoms with Crippen LogP contribution in [0.1, 0.15) is 20.8 Å². The van der Waals surface area contributed by atoms with E-state index in [1.807, 2.05) is 31.7 Å². The summed E-state index contributed by atoms with van der Waals surface area (Å²) in [4.78, 5) is 20.6. The Morgan fingerprint density at radius 3 is 2.42 bits per heavy atom. The number of carbonyl (C=O) groups excluding carboxylic acids is 1. The van der Waals surface area contributed by atoms with Crippen molar-refractivity contribution in [2.24, 2.45) is 5.41 Å². The van der Waals surface area contributed by atoms with Crippen LogP contribution in [0.2, 0.25) is 5.02 Å². The molecule has 0 bridgehead atoms. The van der Waals surface area contributed by atoms with Gasteiger partial charge in [0.05, 0.1) is 0 Å². The van der Waals surface area contributed by atoms with Crippen LogP contribution in [0.15, 0.2) is 18.3 Å². The Morgan fingerprint density at radius 1 is 1.26 bits per heavy atom. The van der Waals surface area contributed by atoms with E-state index in [9.17, 15) is 4.79 Å². The molecule has 0 radical (unpaired) electrons. The molecular weight excluding hydrogens is 262 g/mol. The van der Waals surface area contributed by atoms with Crippen molar-refractivity contribution in [3.8, 4) is 0 Å². The molecule has 2 rings (SSSR count). The molecule has 1 saturated heterocycles. The summed E-state index contributed by atoms with van der Waals surface area (Å²) in [5.41, 5.74) is -0.309. The molecule has 1 aromatic rings. The number of carbonyl (C=O) groups is 1. The highest BCUT2D eigenvalue weighted by molar-refractivity contribution is 6.30. The standard InChI is InChI=1S/C14H20ClN3O/c1-14(2,3)13(19)18-8-6-17(7-9-18)12-10-11(15)4-5-16-12/h4-5,10H,6-9H2,1-3H3. The maximum Gasteiger partial charge on any atom is 0.228 e. The van der Waals surface area contributed by atoms with Crippen LogP contribution >= 0.6 is 11.6 Å². The summed E-state index contributed by atoms with van der Waals surface area (Å²) in [6, 6.07) is 3.63. The van der Waals surface area contributed by atoms with Gasteiger partial charge in [-0.05, 0) is 12.1 Å². The second-order valence-corrected chi connectivity index (χ2v) is 6.30. The zero-order valence-electron chi connectivity index (χ0n) is 11.7. The molecule has 0 aliphatic carbocycles. The minimum Gasteiger partial charge on any atom is -0.353 e. The van der Waals surface area contributed by atoms with Crippen molar-refractivity contribution >= 4 is 23.3 Å². The number of rotatable bonds is 1. The van der Waals surface area contributed by atoms with Gasteiger partial charge in [-0.1, -0.05) is 32.4 Å². The van der Waals surface area contributed by atoms with Crippen LogP contribution < -0.4 is 4.90 Å². The topological polar surface area (TPSA) is 36.4 Å². The summed E-state index contributed by atoms with van der Waals surface area (Å²) in [6.45, 7) is 8.96. The molecule has 5 heteroatoms. The molecule has 1 fully saturated rings. The number of anilines is 1. The first-order chi connectivity index (χ1) is 8.88. The summed E-state index contributed by atoms with van der Waals surface area (Å²) in [5, 5.41) is 0.693. The number of amides is 1. The van der Waals surface area contributed by atoms with Gasteiger partial charge in [0.15, 0.2) is 0 Å². The van der Waals surface area contributed by atoms with Crippen LogP contribution in [-0.4, -0.2) is 42.0 Å². The molecule has 104 valence electrons. The van der Waals surface area contributed by atoms with Gasteiger partial charge >= 0.3 is 0 Å². The smallest absolute Gasteiger partial charge is 0.228 e. The van der Waals surface area contributed by atoms with E-state index in [4.69, 9.17) is 11.6 Å². The van der Waals surface area contributed by atoms with Gasteiger partial charge < -0.3 is 9.80 Å². The largest absolute Gasteiger partial charge is 0.353 e. The maximum atomic E-state index is 12.2. The van der Waals surface area contributed by atoms with Gasteiger partial charge in [-0.25, -0.2) is 4.98 Å². The third kappa shape index (κ3) is 3.38. The van der Waals surface area contributed by atoms with Crippen LogP contribution in [-0.2, 0) is 4.79 Å². The number of hydrogen-bond acceptors (Lipinski definition) is 3. The van der Waals surface area contributed by atoms with Crippen LogP contribution in [0.3, 0.4) is 0 Å². The number of nitrogens with zero attached hydrogens (tertiary/aromatic N) is 3. The highest BCUT2D eigenvalue weighted by Crippen LogP contribution is 2.21. The van der Waals surface area contributed by atoms with Crippen molar-refractivity contribution in [2.45, 2.75) is 20.8 Å². The fraction of sp³-hybridized carbons (Fsp3) is 0.571. The summed E-state index contributed by atoms with van der Waals surface area (Å²) >= 11 is 5.97. The lowest BCUT2D eigenvalue weighted by Crippen LogP contribution is -2.51.